The number of aldehydes is 1. The Kier molecular flexibility index (Phi) is 3.83. The first-order valence-corrected chi connectivity index (χ1v) is 6.03. The Bertz CT molecular complexity index is 381. The van der Waals surface area contributed by atoms with Gasteiger partial charge in [-0.05, 0) is 18.6 Å². The van der Waals surface area contributed by atoms with Crippen LogP contribution in [-0.4, -0.2) is 20.5 Å². The van der Waals surface area contributed by atoms with Gasteiger partial charge in [0.25, 0.3) is 0 Å². The smallest absolute Gasteiger partial charge is 0.178 e. The molecule has 0 radical (unpaired) electrons. The minimum atomic E-state index is -3.19. The van der Waals surface area contributed by atoms with E-state index in [1.807, 2.05) is 0 Å². The molecule has 4 heteroatoms. The average molecular weight is 212 g/mol. The van der Waals surface area contributed by atoms with E-state index in [1.165, 1.54) is 0 Å². The van der Waals surface area contributed by atoms with Crippen LogP contribution in [0.2, 0.25) is 0 Å². The number of hydrogen-bond acceptors (Lipinski definition) is 3. The van der Waals surface area contributed by atoms with Crippen molar-refractivity contribution in [3.8, 4) is 0 Å². The Balaban J connectivity index is 2.72. The van der Waals surface area contributed by atoms with Gasteiger partial charge in [-0.3, -0.25) is 0 Å². The van der Waals surface area contributed by atoms with Crippen LogP contribution in [-0.2, 0) is 14.6 Å². The molecule has 0 saturated carbocycles. The largest absolute Gasteiger partial charge is 0.303 e. The molecule has 0 atom stereocenters. The number of hydrogen-bond donors (Lipinski definition) is 0. The van der Waals surface area contributed by atoms with E-state index in [9.17, 15) is 13.2 Å². The topological polar surface area (TPSA) is 51.2 Å². The summed E-state index contributed by atoms with van der Waals surface area (Å²) in [5.41, 5.74) is 0. The van der Waals surface area contributed by atoms with Crippen molar-refractivity contribution in [3.63, 3.8) is 0 Å². The molecule has 0 aliphatic heterocycles. The van der Waals surface area contributed by atoms with Gasteiger partial charge in [-0.25, -0.2) is 8.42 Å². The summed E-state index contributed by atoms with van der Waals surface area (Å²) in [5.74, 6) is 0.0375. The first-order chi connectivity index (χ1) is 6.67. The van der Waals surface area contributed by atoms with Gasteiger partial charge >= 0.3 is 0 Å². The third kappa shape index (κ3) is 2.96. The summed E-state index contributed by atoms with van der Waals surface area (Å²) in [4.78, 5) is 10.4. The molecule has 14 heavy (non-hydrogen) atoms. The molecule has 1 aromatic carbocycles. The highest BCUT2D eigenvalue weighted by molar-refractivity contribution is 7.91. The van der Waals surface area contributed by atoms with E-state index < -0.39 is 9.84 Å². The Labute approximate surface area is 83.7 Å². The van der Waals surface area contributed by atoms with Gasteiger partial charge in [0.1, 0.15) is 6.29 Å². The van der Waals surface area contributed by atoms with Crippen LogP contribution in [0.15, 0.2) is 35.2 Å². The molecule has 3 nitrogen and oxygen atoms in total. The molecule has 0 heterocycles. The Hall–Kier alpha value is -1.16. The lowest BCUT2D eigenvalue weighted by molar-refractivity contribution is -0.107. The lowest BCUT2D eigenvalue weighted by Gasteiger charge is -2.01. The molecule has 0 N–H and O–H groups in total. The van der Waals surface area contributed by atoms with Gasteiger partial charge < -0.3 is 4.79 Å². The number of benzene rings is 1. The van der Waals surface area contributed by atoms with Crippen LogP contribution in [0.1, 0.15) is 12.8 Å². The first-order valence-electron chi connectivity index (χ1n) is 4.38. The molecule has 0 amide bonds. The molecule has 76 valence electrons. The quantitative estimate of drug-likeness (QED) is 0.548. The fraction of sp³-hybridized carbons (Fsp3) is 0.300. The molecule has 0 aromatic heterocycles. The summed E-state index contributed by atoms with van der Waals surface area (Å²) >= 11 is 0. The van der Waals surface area contributed by atoms with Crippen molar-refractivity contribution in [1.82, 2.24) is 0 Å². The van der Waals surface area contributed by atoms with Crippen molar-refractivity contribution >= 4 is 16.1 Å². The highest BCUT2D eigenvalue weighted by Gasteiger charge is 2.12. The predicted octanol–water partition coefficient (Wildman–Crippen LogP) is 1.44. The van der Waals surface area contributed by atoms with Gasteiger partial charge in [0.2, 0.25) is 0 Å². The highest BCUT2D eigenvalue weighted by Crippen LogP contribution is 2.11. The zero-order valence-electron chi connectivity index (χ0n) is 7.72. The summed E-state index contributed by atoms with van der Waals surface area (Å²) in [6.07, 6.45) is 1.42. The normalized spacial score (nSPS) is 11.1. The van der Waals surface area contributed by atoms with Crippen molar-refractivity contribution in [2.24, 2.45) is 0 Å². The van der Waals surface area contributed by atoms with E-state index in [0.717, 1.165) is 6.29 Å². The third-order valence-electron chi connectivity index (χ3n) is 1.84. The van der Waals surface area contributed by atoms with Crippen molar-refractivity contribution in [3.05, 3.63) is 30.3 Å². The van der Waals surface area contributed by atoms with Gasteiger partial charge in [0, 0.05) is 6.42 Å². The standard InChI is InChI=1S/C10H12O3S/c11-8-4-5-9-14(12,13)10-6-2-1-3-7-10/h1-3,6-8H,4-5,9H2. The molecule has 0 aliphatic carbocycles. The van der Waals surface area contributed by atoms with Crippen molar-refractivity contribution in [1.29, 1.82) is 0 Å². The maximum Gasteiger partial charge on any atom is 0.178 e. The molecule has 0 bridgehead atoms. The second-order valence-electron chi connectivity index (χ2n) is 2.94. The Morgan fingerprint density at radius 3 is 2.36 bits per heavy atom. The highest BCUT2D eigenvalue weighted by atomic mass is 32.2. The second kappa shape index (κ2) is 4.91. The molecule has 1 aromatic rings. The first kappa shape index (κ1) is 10.9. The summed E-state index contributed by atoms with van der Waals surface area (Å²) < 4.78 is 23.2. The van der Waals surface area contributed by atoms with Crippen LogP contribution in [0.3, 0.4) is 0 Å². The van der Waals surface area contributed by atoms with Crippen molar-refractivity contribution < 1.29 is 13.2 Å². The Morgan fingerprint density at radius 1 is 1.14 bits per heavy atom. The van der Waals surface area contributed by atoms with Crippen LogP contribution in [0, 0.1) is 0 Å². The van der Waals surface area contributed by atoms with Gasteiger partial charge in [-0.1, -0.05) is 18.2 Å². The van der Waals surface area contributed by atoms with Crippen LogP contribution in [0.4, 0.5) is 0 Å². The summed E-state index contributed by atoms with van der Waals surface area (Å²) in [7, 11) is -3.19. The summed E-state index contributed by atoms with van der Waals surface area (Å²) in [5, 5.41) is 0. The molecule has 0 unspecified atom stereocenters. The van der Waals surface area contributed by atoms with E-state index in [1.54, 1.807) is 30.3 Å². The van der Waals surface area contributed by atoms with Crippen LogP contribution in [0.5, 0.6) is 0 Å². The Morgan fingerprint density at radius 2 is 1.79 bits per heavy atom. The second-order valence-corrected chi connectivity index (χ2v) is 5.05. The minimum Gasteiger partial charge on any atom is -0.303 e. The van der Waals surface area contributed by atoms with Crippen LogP contribution < -0.4 is 0 Å². The fourth-order valence-corrected chi connectivity index (χ4v) is 2.46. The van der Waals surface area contributed by atoms with E-state index in [4.69, 9.17) is 0 Å². The van der Waals surface area contributed by atoms with Crippen molar-refractivity contribution in [2.45, 2.75) is 17.7 Å². The summed E-state index contributed by atoms with van der Waals surface area (Å²) in [6, 6.07) is 8.27. The molecule has 0 saturated heterocycles. The summed E-state index contributed by atoms with van der Waals surface area (Å²) in [6.45, 7) is 0. The van der Waals surface area contributed by atoms with Gasteiger partial charge in [0.05, 0.1) is 10.6 Å². The predicted molar refractivity (Wildman–Crippen MR) is 53.8 cm³/mol. The SMILES string of the molecule is O=CCCCS(=O)(=O)c1ccccc1. The maximum absolute atomic E-state index is 11.6. The number of carbonyl (C=O) groups is 1. The van der Waals surface area contributed by atoms with Crippen LogP contribution >= 0.6 is 0 Å². The van der Waals surface area contributed by atoms with Gasteiger partial charge in [-0.2, -0.15) is 0 Å². The lowest BCUT2D eigenvalue weighted by atomic mass is 10.4. The monoisotopic (exact) mass is 212 g/mol. The van der Waals surface area contributed by atoms with Crippen molar-refractivity contribution in [2.75, 3.05) is 5.75 Å². The third-order valence-corrected chi connectivity index (χ3v) is 3.65. The molecule has 0 spiro atoms. The molecule has 1 rings (SSSR count). The zero-order valence-corrected chi connectivity index (χ0v) is 8.53. The van der Waals surface area contributed by atoms with E-state index in [0.29, 0.717) is 17.7 Å². The molecular weight excluding hydrogens is 200 g/mol. The molecular formula is C10H12O3S. The number of carbonyl (C=O) groups excluding carboxylic acids is 1. The fourth-order valence-electron chi connectivity index (χ4n) is 1.10. The van der Waals surface area contributed by atoms with Gasteiger partial charge in [0.15, 0.2) is 9.84 Å². The van der Waals surface area contributed by atoms with E-state index in [-0.39, 0.29) is 5.75 Å². The number of sulfone groups is 1. The van der Waals surface area contributed by atoms with Gasteiger partial charge in [-0.15, -0.1) is 0 Å². The minimum absolute atomic E-state index is 0.0375. The number of unbranched alkanes of at least 4 members (excludes halogenated alkanes) is 1. The lowest BCUT2D eigenvalue weighted by Crippen LogP contribution is -2.06. The van der Waals surface area contributed by atoms with Crippen LogP contribution in [0.25, 0.3) is 0 Å². The maximum atomic E-state index is 11.6. The number of rotatable bonds is 5. The van der Waals surface area contributed by atoms with E-state index in [2.05, 4.69) is 0 Å². The van der Waals surface area contributed by atoms with E-state index >= 15 is 0 Å². The molecule has 0 aliphatic rings. The molecule has 0 fully saturated rings. The average Bonchev–Trinajstić information content (AvgIpc) is 2.19. The zero-order chi connectivity index (χ0) is 10.4.